The van der Waals surface area contributed by atoms with E-state index in [1.165, 1.54) is 18.0 Å². The SMILES string of the molecule is NC(=O)c1cc(N)cnc1SCC1CCCO1. The Balaban J connectivity index is 2.06. The van der Waals surface area contributed by atoms with Gasteiger partial charge in [0.05, 0.1) is 23.6 Å². The Morgan fingerprint density at radius 3 is 3.12 bits per heavy atom. The van der Waals surface area contributed by atoms with Gasteiger partial charge < -0.3 is 16.2 Å². The fourth-order valence-electron chi connectivity index (χ4n) is 1.71. The molecule has 0 saturated carbocycles. The number of carbonyl (C=O) groups excluding carboxylic acids is 1. The zero-order chi connectivity index (χ0) is 12.3. The highest BCUT2D eigenvalue weighted by molar-refractivity contribution is 7.99. The molecule has 2 rings (SSSR count). The van der Waals surface area contributed by atoms with Crippen molar-refractivity contribution in [3.8, 4) is 0 Å². The van der Waals surface area contributed by atoms with Gasteiger partial charge in [-0.05, 0) is 18.9 Å². The Morgan fingerprint density at radius 2 is 2.47 bits per heavy atom. The zero-order valence-electron chi connectivity index (χ0n) is 9.39. The maximum absolute atomic E-state index is 11.3. The first-order valence-corrected chi connectivity index (χ1v) is 6.45. The van der Waals surface area contributed by atoms with Gasteiger partial charge in [0.2, 0.25) is 0 Å². The van der Waals surface area contributed by atoms with Crippen molar-refractivity contribution in [2.75, 3.05) is 18.1 Å². The van der Waals surface area contributed by atoms with Crippen LogP contribution in [0.5, 0.6) is 0 Å². The first-order chi connectivity index (χ1) is 8.16. The number of carbonyl (C=O) groups is 1. The Hall–Kier alpha value is -1.27. The van der Waals surface area contributed by atoms with E-state index < -0.39 is 5.91 Å². The van der Waals surface area contributed by atoms with Crippen LogP contribution in [0.25, 0.3) is 0 Å². The number of nitrogens with two attached hydrogens (primary N) is 2. The van der Waals surface area contributed by atoms with Crippen molar-refractivity contribution in [2.24, 2.45) is 5.73 Å². The van der Waals surface area contributed by atoms with Crippen molar-refractivity contribution < 1.29 is 9.53 Å². The van der Waals surface area contributed by atoms with Crippen molar-refractivity contribution in [3.63, 3.8) is 0 Å². The van der Waals surface area contributed by atoms with Gasteiger partial charge in [-0.15, -0.1) is 11.8 Å². The molecule has 1 atom stereocenters. The molecule has 4 N–H and O–H groups in total. The minimum Gasteiger partial charge on any atom is -0.397 e. The average molecular weight is 253 g/mol. The van der Waals surface area contributed by atoms with Gasteiger partial charge in [0, 0.05) is 12.4 Å². The van der Waals surface area contributed by atoms with Gasteiger partial charge in [-0.25, -0.2) is 4.98 Å². The number of pyridine rings is 1. The van der Waals surface area contributed by atoms with Gasteiger partial charge in [-0.3, -0.25) is 4.79 Å². The molecule has 17 heavy (non-hydrogen) atoms. The molecule has 6 heteroatoms. The largest absolute Gasteiger partial charge is 0.397 e. The number of aromatic nitrogens is 1. The van der Waals surface area contributed by atoms with E-state index in [-0.39, 0.29) is 6.10 Å². The summed E-state index contributed by atoms with van der Waals surface area (Å²) in [5.74, 6) is 0.289. The molecular formula is C11H15N3O2S. The molecule has 0 radical (unpaired) electrons. The fourth-order valence-corrected chi connectivity index (χ4v) is 2.76. The maximum atomic E-state index is 11.3. The van der Waals surface area contributed by atoms with Gasteiger partial charge >= 0.3 is 0 Å². The molecule has 2 heterocycles. The first-order valence-electron chi connectivity index (χ1n) is 5.46. The highest BCUT2D eigenvalue weighted by Gasteiger charge is 2.18. The molecule has 1 aromatic heterocycles. The summed E-state index contributed by atoms with van der Waals surface area (Å²) in [6.45, 7) is 0.822. The lowest BCUT2D eigenvalue weighted by Crippen LogP contribution is -2.15. The number of nitrogen functional groups attached to an aromatic ring is 1. The predicted octanol–water partition coefficient (Wildman–Crippen LogP) is 1.03. The van der Waals surface area contributed by atoms with Crippen LogP contribution in [0.15, 0.2) is 17.3 Å². The Labute approximate surface area is 104 Å². The highest BCUT2D eigenvalue weighted by atomic mass is 32.2. The molecule has 1 amide bonds. The molecule has 0 bridgehead atoms. The summed E-state index contributed by atoms with van der Waals surface area (Å²) in [6, 6.07) is 1.56. The maximum Gasteiger partial charge on any atom is 0.251 e. The van der Waals surface area contributed by atoms with E-state index in [1.807, 2.05) is 0 Å². The quantitative estimate of drug-likeness (QED) is 0.782. The number of primary amides is 1. The topological polar surface area (TPSA) is 91.2 Å². The van der Waals surface area contributed by atoms with E-state index in [9.17, 15) is 4.79 Å². The van der Waals surface area contributed by atoms with Crippen LogP contribution in [-0.2, 0) is 4.74 Å². The number of hydrogen-bond donors (Lipinski definition) is 2. The van der Waals surface area contributed by atoms with Gasteiger partial charge in [-0.2, -0.15) is 0 Å². The van der Waals surface area contributed by atoms with Gasteiger partial charge in [0.15, 0.2) is 0 Å². The van der Waals surface area contributed by atoms with Crippen LogP contribution in [0.3, 0.4) is 0 Å². The van der Waals surface area contributed by atoms with E-state index in [2.05, 4.69) is 4.98 Å². The molecule has 1 fully saturated rings. The second-order valence-electron chi connectivity index (χ2n) is 3.93. The van der Waals surface area contributed by atoms with E-state index in [4.69, 9.17) is 16.2 Å². The Kier molecular flexibility index (Phi) is 3.86. The third-order valence-electron chi connectivity index (χ3n) is 2.57. The summed E-state index contributed by atoms with van der Waals surface area (Å²) >= 11 is 1.49. The molecule has 1 aliphatic heterocycles. The Morgan fingerprint density at radius 1 is 1.65 bits per heavy atom. The number of amides is 1. The van der Waals surface area contributed by atoms with Crippen molar-refractivity contribution in [2.45, 2.75) is 24.0 Å². The van der Waals surface area contributed by atoms with E-state index >= 15 is 0 Å². The standard InChI is InChI=1S/C11H15N3O2S/c12-7-4-9(10(13)15)11(14-5-7)17-6-8-2-1-3-16-8/h4-5,8H,1-3,6,12H2,(H2,13,15). The molecule has 0 spiro atoms. The molecule has 0 aliphatic carbocycles. The van der Waals surface area contributed by atoms with Crippen LogP contribution in [-0.4, -0.2) is 29.4 Å². The molecule has 1 aromatic rings. The summed E-state index contributed by atoms with van der Waals surface area (Å²) in [5.41, 5.74) is 11.7. The van der Waals surface area contributed by atoms with Gasteiger partial charge in [0.1, 0.15) is 5.03 Å². The van der Waals surface area contributed by atoms with E-state index in [0.717, 1.165) is 25.2 Å². The van der Waals surface area contributed by atoms with Gasteiger partial charge in [0.25, 0.3) is 5.91 Å². The molecule has 1 unspecified atom stereocenters. The normalized spacial score (nSPS) is 19.4. The lowest BCUT2D eigenvalue weighted by Gasteiger charge is -2.10. The van der Waals surface area contributed by atoms with Crippen LogP contribution in [0.2, 0.25) is 0 Å². The van der Waals surface area contributed by atoms with Crippen LogP contribution >= 0.6 is 11.8 Å². The summed E-state index contributed by atoms with van der Waals surface area (Å²) in [6.07, 6.45) is 3.95. The molecule has 0 aromatic carbocycles. The summed E-state index contributed by atoms with van der Waals surface area (Å²) in [7, 11) is 0. The van der Waals surface area contributed by atoms with Crippen LogP contribution in [0.1, 0.15) is 23.2 Å². The second-order valence-corrected chi connectivity index (χ2v) is 4.94. The average Bonchev–Trinajstić information content (AvgIpc) is 2.80. The van der Waals surface area contributed by atoms with Gasteiger partial charge in [-0.1, -0.05) is 0 Å². The molecule has 1 aliphatic rings. The monoisotopic (exact) mass is 253 g/mol. The molecule has 5 nitrogen and oxygen atoms in total. The van der Waals surface area contributed by atoms with Crippen LogP contribution < -0.4 is 11.5 Å². The third kappa shape index (κ3) is 3.10. The van der Waals surface area contributed by atoms with E-state index in [1.54, 1.807) is 6.07 Å². The van der Waals surface area contributed by atoms with Crippen molar-refractivity contribution in [3.05, 3.63) is 17.8 Å². The fraction of sp³-hybridized carbons (Fsp3) is 0.455. The number of hydrogen-bond acceptors (Lipinski definition) is 5. The smallest absolute Gasteiger partial charge is 0.251 e. The number of thioether (sulfide) groups is 1. The minimum absolute atomic E-state index is 0.250. The van der Waals surface area contributed by atoms with Crippen molar-refractivity contribution >= 4 is 23.4 Å². The van der Waals surface area contributed by atoms with Crippen LogP contribution in [0, 0.1) is 0 Å². The second kappa shape index (κ2) is 5.37. The number of rotatable bonds is 4. The first kappa shape index (κ1) is 12.2. The third-order valence-corrected chi connectivity index (χ3v) is 3.70. The van der Waals surface area contributed by atoms with E-state index in [0.29, 0.717) is 16.3 Å². The molecule has 1 saturated heterocycles. The Bertz CT molecular complexity index is 419. The number of anilines is 1. The zero-order valence-corrected chi connectivity index (χ0v) is 10.2. The molecule has 92 valence electrons. The lowest BCUT2D eigenvalue weighted by molar-refractivity contribution is 0.0996. The minimum atomic E-state index is -0.500. The number of nitrogens with zero attached hydrogens (tertiary/aromatic N) is 1. The lowest BCUT2D eigenvalue weighted by atomic mass is 10.2. The summed E-state index contributed by atoms with van der Waals surface area (Å²) in [5, 5.41) is 0.627. The summed E-state index contributed by atoms with van der Waals surface area (Å²) < 4.78 is 5.51. The summed E-state index contributed by atoms with van der Waals surface area (Å²) in [4.78, 5) is 15.4. The van der Waals surface area contributed by atoms with Crippen molar-refractivity contribution in [1.82, 2.24) is 4.98 Å². The van der Waals surface area contributed by atoms with Crippen LogP contribution in [0.4, 0.5) is 5.69 Å². The highest BCUT2D eigenvalue weighted by Crippen LogP contribution is 2.25. The van der Waals surface area contributed by atoms with Crippen molar-refractivity contribution in [1.29, 1.82) is 0 Å². The predicted molar refractivity (Wildman–Crippen MR) is 66.9 cm³/mol. The number of ether oxygens (including phenoxy) is 1. The molecular weight excluding hydrogens is 238 g/mol.